The average molecular weight is 350 g/mol. The standard InChI is InChI=1S/C21H22N2O3/c1-3-20(24)23-12-4-5-18(23)21-22-17-13-15(8-11-19(17)26-21)14-6-9-16(25-2)10-7-14/h6-11,13,18H,3-5,12H2,1-2H3. The highest BCUT2D eigenvalue weighted by atomic mass is 16.5. The number of methoxy groups -OCH3 is 1. The Morgan fingerprint density at radius 1 is 1.23 bits per heavy atom. The van der Waals surface area contributed by atoms with Crippen LogP contribution in [0.15, 0.2) is 46.9 Å². The second kappa shape index (κ2) is 6.83. The zero-order valence-electron chi connectivity index (χ0n) is 15.1. The summed E-state index contributed by atoms with van der Waals surface area (Å²) in [6.45, 7) is 2.68. The number of aromatic nitrogens is 1. The summed E-state index contributed by atoms with van der Waals surface area (Å²) in [5, 5.41) is 0. The van der Waals surface area contributed by atoms with Crippen LogP contribution in [0, 0.1) is 0 Å². The molecule has 0 bridgehead atoms. The molecule has 0 aliphatic carbocycles. The van der Waals surface area contributed by atoms with Gasteiger partial charge in [-0.05, 0) is 48.2 Å². The molecule has 3 aromatic rings. The number of carbonyl (C=O) groups excluding carboxylic acids is 1. The number of benzene rings is 2. The molecule has 1 saturated heterocycles. The van der Waals surface area contributed by atoms with E-state index in [1.807, 2.05) is 54.3 Å². The maximum Gasteiger partial charge on any atom is 0.222 e. The molecule has 0 saturated carbocycles. The molecule has 1 amide bonds. The van der Waals surface area contributed by atoms with Crippen molar-refractivity contribution in [2.75, 3.05) is 13.7 Å². The molecular weight excluding hydrogens is 328 g/mol. The van der Waals surface area contributed by atoms with Gasteiger partial charge in [0.25, 0.3) is 0 Å². The zero-order chi connectivity index (χ0) is 18.1. The van der Waals surface area contributed by atoms with E-state index in [1.165, 1.54) is 0 Å². The first-order chi connectivity index (χ1) is 12.7. The molecule has 1 aliphatic heterocycles. The lowest BCUT2D eigenvalue weighted by molar-refractivity contribution is -0.132. The summed E-state index contributed by atoms with van der Waals surface area (Å²) >= 11 is 0. The summed E-state index contributed by atoms with van der Waals surface area (Å²) in [5.74, 6) is 1.64. The van der Waals surface area contributed by atoms with Crippen molar-refractivity contribution in [3.8, 4) is 16.9 Å². The largest absolute Gasteiger partial charge is 0.497 e. The normalized spacial score (nSPS) is 17.0. The summed E-state index contributed by atoms with van der Waals surface area (Å²) in [7, 11) is 1.66. The quantitative estimate of drug-likeness (QED) is 0.691. The molecule has 1 aromatic heterocycles. The number of likely N-dealkylation sites (tertiary alicyclic amines) is 1. The first-order valence-corrected chi connectivity index (χ1v) is 9.04. The first-order valence-electron chi connectivity index (χ1n) is 9.04. The van der Waals surface area contributed by atoms with Gasteiger partial charge in [-0.3, -0.25) is 4.79 Å². The molecule has 1 fully saturated rings. The van der Waals surface area contributed by atoms with Crippen LogP contribution < -0.4 is 4.74 Å². The molecule has 0 radical (unpaired) electrons. The van der Waals surface area contributed by atoms with Crippen molar-refractivity contribution in [3.05, 3.63) is 48.4 Å². The van der Waals surface area contributed by atoms with E-state index < -0.39 is 0 Å². The number of amides is 1. The van der Waals surface area contributed by atoms with Crippen LogP contribution in [0.25, 0.3) is 22.2 Å². The van der Waals surface area contributed by atoms with Gasteiger partial charge in [0, 0.05) is 13.0 Å². The molecule has 26 heavy (non-hydrogen) atoms. The molecule has 0 N–H and O–H groups in total. The Bertz CT molecular complexity index is 930. The van der Waals surface area contributed by atoms with Crippen LogP contribution in [-0.2, 0) is 4.79 Å². The topological polar surface area (TPSA) is 55.6 Å². The first kappa shape index (κ1) is 16.6. The SMILES string of the molecule is CCC(=O)N1CCCC1c1nc2cc(-c3ccc(OC)cc3)ccc2o1. The number of oxazole rings is 1. The van der Waals surface area contributed by atoms with Crippen molar-refractivity contribution < 1.29 is 13.9 Å². The van der Waals surface area contributed by atoms with Gasteiger partial charge in [0.15, 0.2) is 5.58 Å². The predicted molar refractivity (Wildman–Crippen MR) is 100.0 cm³/mol. The van der Waals surface area contributed by atoms with E-state index in [-0.39, 0.29) is 11.9 Å². The third-order valence-corrected chi connectivity index (χ3v) is 4.99. The lowest BCUT2D eigenvalue weighted by Gasteiger charge is -2.21. The van der Waals surface area contributed by atoms with Gasteiger partial charge in [-0.25, -0.2) is 4.98 Å². The highest BCUT2D eigenvalue weighted by Gasteiger charge is 2.32. The van der Waals surface area contributed by atoms with Gasteiger partial charge < -0.3 is 14.1 Å². The number of rotatable bonds is 4. The van der Waals surface area contributed by atoms with Crippen molar-refractivity contribution in [2.45, 2.75) is 32.2 Å². The summed E-state index contributed by atoms with van der Waals surface area (Å²) in [5.41, 5.74) is 3.76. The number of hydrogen-bond acceptors (Lipinski definition) is 4. The molecular formula is C21H22N2O3. The molecule has 134 valence electrons. The van der Waals surface area contributed by atoms with Crippen LogP contribution in [0.4, 0.5) is 0 Å². The van der Waals surface area contributed by atoms with Gasteiger partial charge in [-0.1, -0.05) is 25.1 Å². The van der Waals surface area contributed by atoms with Crippen molar-refractivity contribution in [3.63, 3.8) is 0 Å². The molecule has 4 rings (SSSR count). The van der Waals surface area contributed by atoms with Crippen molar-refractivity contribution in [2.24, 2.45) is 0 Å². The second-order valence-corrected chi connectivity index (χ2v) is 6.56. The fourth-order valence-electron chi connectivity index (χ4n) is 3.58. The number of ether oxygens (including phenoxy) is 1. The summed E-state index contributed by atoms with van der Waals surface area (Å²) < 4.78 is 11.2. The molecule has 0 spiro atoms. The predicted octanol–water partition coefficient (Wildman–Crippen LogP) is 4.58. The molecule has 1 unspecified atom stereocenters. The van der Waals surface area contributed by atoms with E-state index in [4.69, 9.17) is 14.1 Å². The smallest absolute Gasteiger partial charge is 0.222 e. The lowest BCUT2D eigenvalue weighted by Crippen LogP contribution is -2.29. The zero-order valence-corrected chi connectivity index (χ0v) is 15.1. The summed E-state index contributed by atoms with van der Waals surface area (Å²) in [6, 6.07) is 13.9. The van der Waals surface area contributed by atoms with E-state index in [0.29, 0.717) is 12.3 Å². The number of fused-ring (bicyclic) bond motifs is 1. The Balaban J connectivity index is 1.66. The Labute approximate surface area is 152 Å². The minimum absolute atomic E-state index is 0.0423. The highest BCUT2D eigenvalue weighted by molar-refractivity contribution is 5.81. The maximum atomic E-state index is 12.2. The fourth-order valence-corrected chi connectivity index (χ4v) is 3.58. The van der Waals surface area contributed by atoms with Crippen molar-refractivity contribution in [1.82, 2.24) is 9.88 Å². The van der Waals surface area contributed by atoms with Gasteiger partial charge >= 0.3 is 0 Å². The van der Waals surface area contributed by atoms with Crippen LogP contribution in [-0.4, -0.2) is 29.4 Å². The summed E-state index contributed by atoms with van der Waals surface area (Å²) in [6.07, 6.45) is 2.41. The molecule has 5 nitrogen and oxygen atoms in total. The average Bonchev–Trinajstić information content (AvgIpc) is 3.33. The van der Waals surface area contributed by atoms with Crippen LogP contribution in [0.2, 0.25) is 0 Å². The van der Waals surface area contributed by atoms with Gasteiger partial charge in [-0.15, -0.1) is 0 Å². The van der Waals surface area contributed by atoms with Crippen LogP contribution in [0.1, 0.15) is 38.1 Å². The van der Waals surface area contributed by atoms with E-state index in [1.54, 1.807) is 7.11 Å². The maximum absolute atomic E-state index is 12.2. The minimum atomic E-state index is -0.0423. The van der Waals surface area contributed by atoms with Gasteiger partial charge in [0.05, 0.1) is 7.11 Å². The highest BCUT2D eigenvalue weighted by Crippen LogP contribution is 2.34. The molecule has 1 aliphatic rings. The summed E-state index contributed by atoms with van der Waals surface area (Å²) in [4.78, 5) is 18.7. The van der Waals surface area contributed by atoms with Gasteiger partial charge in [0.1, 0.15) is 17.3 Å². The number of nitrogens with zero attached hydrogens (tertiary/aromatic N) is 2. The van der Waals surface area contributed by atoms with Gasteiger partial charge in [-0.2, -0.15) is 0 Å². The molecule has 5 heteroatoms. The Morgan fingerprint density at radius 2 is 2.00 bits per heavy atom. The monoisotopic (exact) mass is 350 g/mol. The van der Waals surface area contributed by atoms with E-state index in [0.717, 1.165) is 47.4 Å². The Kier molecular flexibility index (Phi) is 4.37. The van der Waals surface area contributed by atoms with E-state index in [9.17, 15) is 4.79 Å². The minimum Gasteiger partial charge on any atom is -0.497 e. The third-order valence-electron chi connectivity index (χ3n) is 4.99. The van der Waals surface area contributed by atoms with Crippen LogP contribution in [0.5, 0.6) is 5.75 Å². The van der Waals surface area contributed by atoms with E-state index in [2.05, 4.69) is 0 Å². The third kappa shape index (κ3) is 2.94. The lowest BCUT2D eigenvalue weighted by atomic mass is 10.1. The van der Waals surface area contributed by atoms with Crippen molar-refractivity contribution in [1.29, 1.82) is 0 Å². The second-order valence-electron chi connectivity index (χ2n) is 6.56. The molecule has 1 atom stereocenters. The van der Waals surface area contributed by atoms with Crippen molar-refractivity contribution >= 4 is 17.0 Å². The van der Waals surface area contributed by atoms with E-state index >= 15 is 0 Å². The fraction of sp³-hybridized carbons (Fsp3) is 0.333. The Morgan fingerprint density at radius 3 is 2.73 bits per heavy atom. The number of carbonyl (C=O) groups is 1. The van der Waals surface area contributed by atoms with Crippen LogP contribution >= 0.6 is 0 Å². The number of hydrogen-bond donors (Lipinski definition) is 0. The Hall–Kier alpha value is -2.82. The van der Waals surface area contributed by atoms with Gasteiger partial charge in [0.2, 0.25) is 11.8 Å². The van der Waals surface area contributed by atoms with Crippen LogP contribution in [0.3, 0.4) is 0 Å². The molecule has 2 aromatic carbocycles. The molecule has 2 heterocycles.